The topological polar surface area (TPSA) is 80.4 Å². The first kappa shape index (κ1) is 8.95. The van der Waals surface area contributed by atoms with Crippen molar-refractivity contribution in [3.63, 3.8) is 0 Å². The molecular formula is C7H6N4O2S. The molecular weight excluding hydrogens is 204 g/mol. The molecule has 0 atom stereocenters. The van der Waals surface area contributed by atoms with Crippen LogP contribution in [0.3, 0.4) is 0 Å². The van der Waals surface area contributed by atoms with Crippen molar-refractivity contribution in [1.29, 1.82) is 0 Å². The summed E-state index contributed by atoms with van der Waals surface area (Å²) >= 11 is 1.38. The second-order valence-electron chi connectivity index (χ2n) is 2.50. The number of hydrogen-bond acceptors (Lipinski definition) is 5. The van der Waals surface area contributed by atoms with Gasteiger partial charge in [-0.25, -0.2) is 9.78 Å². The van der Waals surface area contributed by atoms with Crippen LogP contribution in [0.1, 0.15) is 10.4 Å². The summed E-state index contributed by atoms with van der Waals surface area (Å²) in [4.78, 5) is 14.5. The molecule has 0 aliphatic carbocycles. The second-order valence-corrected chi connectivity index (χ2v) is 3.28. The lowest BCUT2D eigenvalue weighted by Gasteiger charge is -1.96. The quantitative estimate of drug-likeness (QED) is 0.729. The molecule has 0 fully saturated rings. The number of fused-ring (bicyclic) bond motifs is 1. The number of carbonyl (C=O) groups is 1. The minimum atomic E-state index is -1.01. The van der Waals surface area contributed by atoms with Crippen molar-refractivity contribution in [1.82, 2.24) is 19.6 Å². The molecule has 1 N–H and O–H groups in total. The zero-order valence-electron chi connectivity index (χ0n) is 7.21. The standard InChI is InChI=1S/C7H6N4O2S/c1-14-7-10-9-6-8-2-4(5(12)13)3-11(6)7/h2-3H,1H3,(H,12,13). The molecule has 14 heavy (non-hydrogen) atoms. The van der Waals surface area contributed by atoms with Gasteiger partial charge >= 0.3 is 5.97 Å². The molecule has 0 saturated heterocycles. The molecule has 0 saturated carbocycles. The summed E-state index contributed by atoms with van der Waals surface area (Å²) in [6.07, 6.45) is 4.55. The van der Waals surface area contributed by atoms with E-state index in [1.165, 1.54) is 24.2 Å². The van der Waals surface area contributed by atoms with Gasteiger partial charge in [0.15, 0.2) is 5.16 Å². The van der Waals surface area contributed by atoms with Gasteiger partial charge in [0.1, 0.15) is 0 Å². The van der Waals surface area contributed by atoms with Crippen LogP contribution in [0, 0.1) is 0 Å². The van der Waals surface area contributed by atoms with Crippen LogP contribution in [0.15, 0.2) is 17.6 Å². The lowest BCUT2D eigenvalue weighted by atomic mass is 10.3. The zero-order valence-corrected chi connectivity index (χ0v) is 8.02. The lowest BCUT2D eigenvalue weighted by molar-refractivity contribution is 0.0696. The molecule has 0 aliphatic rings. The molecule has 72 valence electrons. The maximum Gasteiger partial charge on any atom is 0.338 e. The summed E-state index contributed by atoms with van der Waals surface area (Å²) in [6, 6.07) is 0. The lowest BCUT2D eigenvalue weighted by Crippen LogP contribution is -2.01. The normalized spacial score (nSPS) is 10.6. The number of carboxylic acids is 1. The van der Waals surface area contributed by atoms with Crippen molar-refractivity contribution in [3.8, 4) is 0 Å². The predicted molar refractivity (Wildman–Crippen MR) is 49.5 cm³/mol. The maximum absolute atomic E-state index is 10.7. The second kappa shape index (κ2) is 3.26. The van der Waals surface area contributed by atoms with Crippen LogP contribution in [0.25, 0.3) is 5.78 Å². The molecule has 0 aromatic carbocycles. The Balaban J connectivity index is 2.67. The van der Waals surface area contributed by atoms with Gasteiger partial charge in [0.2, 0.25) is 0 Å². The molecule has 0 unspecified atom stereocenters. The van der Waals surface area contributed by atoms with Crippen LogP contribution in [0.2, 0.25) is 0 Å². The van der Waals surface area contributed by atoms with Crippen molar-refractivity contribution in [2.45, 2.75) is 5.16 Å². The van der Waals surface area contributed by atoms with Crippen molar-refractivity contribution < 1.29 is 9.90 Å². The van der Waals surface area contributed by atoms with Gasteiger partial charge in [-0.1, -0.05) is 11.8 Å². The Morgan fingerprint density at radius 1 is 1.57 bits per heavy atom. The molecule has 2 aromatic heterocycles. The minimum Gasteiger partial charge on any atom is -0.478 e. The van der Waals surface area contributed by atoms with Crippen molar-refractivity contribution in [2.24, 2.45) is 0 Å². The van der Waals surface area contributed by atoms with Gasteiger partial charge in [-0.05, 0) is 6.26 Å². The predicted octanol–water partition coefficient (Wildman–Crippen LogP) is 0.544. The van der Waals surface area contributed by atoms with E-state index in [0.29, 0.717) is 10.9 Å². The van der Waals surface area contributed by atoms with Crippen LogP contribution >= 0.6 is 11.8 Å². The van der Waals surface area contributed by atoms with Crippen LogP contribution in [-0.4, -0.2) is 36.9 Å². The minimum absolute atomic E-state index is 0.118. The summed E-state index contributed by atoms with van der Waals surface area (Å²) in [5.74, 6) is -0.612. The zero-order chi connectivity index (χ0) is 10.1. The Morgan fingerprint density at radius 3 is 3.00 bits per heavy atom. The van der Waals surface area contributed by atoms with E-state index in [1.54, 1.807) is 4.40 Å². The van der Waals surface area contributed by atoms with Crippen LogP contribution in [-0.2, 0) is 0 Å². The molecule has 0 bridgehead atoms. The molecule has 0 spiro atoms. The van der Waals surface area contributed by atoms with Crippen LogP contribution < -0.4 is 0 Å². The first-order chi connectivity index (χ1) is 6.72. The first-order valence-corrected chi connectivity index (χ1v) is 4.93. The van der Waals surface area contributed by atoms with Crippen molar-refractivity contribution in [3.05, 3.63) is 18.0 Å². The van der Waals surface area contributed by atoms with Crippen molar-refractivity contribution in [2.75, 3.05) is 6.26 Å². The SMILES string of the molecule is CSc1nnc2ncc(C(=O)O)cn12. The first-order valence-electron chi connectivity index (χ1n) is 3.70. The van der Waals surface area contributed by atoms with Gasteiger partial charge in [0.25, 0.3) is 5.78 Å². The number of thioether (sulfide) groups is 1. The van der Waals surface area contributed by atoms with Crippen LogP contribution in [0.5, 0.6) is 0 Å². The Labute approximate surface area is 83.0 Å². The highest BCUT2D eigenvalue weighted by molar-refractivity contribution is 7.98. The van der Waals surface area contributed by atoms with E-state index in [-0.39, 0.29) is 5.56 Å². The molecule has 7 heteroatoms. The third-order valence-corrected chi connectivity index (χ3v) is 2.31. The molecule has 0 radical (unpaired) electrons. The van der Waals surface area contributed by atoms with E-state index in [1.807, 2.05) is 6.26 Å². The van der Waals surface area contributed by atoms with E-state index in [9.17, 15) is 4.79 Å². The fourth-order valence-corrected chi connectivity index (χ4v) is 1.47. The summed E-state index contributed by atoms with van der Waals surface area (Å²) < 4.78 is 1.55. The third-order valence-electron chi connectivity index (χ3n) is 1.66. The Bertz CT molecular complexity index is 495. The van der Waals surface area contributed by atoms with E-state index < -0.39 is 5.97 Å². The molecule has 6 nitrogen and oxygen atoms in total. The molecule has 2 heterocycles. The number of carboxylic acid groups (broad SMARTS) is 1. The summed E-state index contributed by atoms with van der Waals surface area (Å²) in [6.45, 7) is 0. The Morgan fingerprint density at radius 2 is 2.36 bits per heavy atom. The molecule has 0 amide bonds. The Hall–Kier alpha value is -1.63. The molecule has 0 aliphatic heterocycles. The Kier molecular flexibility index (Phi) is 2.08. The number of hydrogen-bond donors (Lipinski definition) is 1. The van der Waals surface area contributed by atoms with Crippen molar-refractivity contribution >= 4 is 23.5 Å². The van der Waals surface area contributed by atoms with Crippen LogP contribution in [0.4, 0.5) is 0 Å². The van der Waals surface area contributed by atoms with Gasteiger partial charge in [0, 0.05) is 12.4 Å². The fourth-order valence-electron chi connectivity index (χ4n) is 1.02. The third kappa shape index (κ3) is 1.31. The largest absolute Gasteiger partial charge is 0.478 e. The highest BCUT2D eigenvalue weighted by Gasteiger charge is 2.09. The molecule has 2 rings (SSSR count). The van der Waals surface area contributed by atoms with E-state index >= 15 is 0 Å². The number of aromatic carboxylic acids is 1. The van der Waals surface area contributed by atoms with Gasteiger partial charge in [-0.3, -0.25) is 4.40 Å². The highest BCUT2D eigenvalue weighted by Crippen LogP contribution is 2.12. The van der Waals surface area contributed by atoms with Gasteiger partial charge in [-0.15, -0.1) is 10.2 Å². The summed E-state index contributed by atoms with van der Waals surface area (Å²) in [5, 5.41) is 17.0. The number of aromatic nitrogens is 4. The monoisotopic (exact) mass is 210 g/mol. The van der Waals surface area contributed by atoms with Gasteiger partial charge in [-0.2, -0.15) is 0 Å². The average Bonchev–Trinajstić information content (AvgIpc) is 2.59. The summed E-state index contributed by atoms with van der Waals surface area (Å²) in [7, 11) is 0. The van der Waals surface area contributed by atoms with E-state index in [2.05, 4.69) is 15.2 Å². The highest BCUT2D eigenvalue weighted by atomic mass is 32.2. The fraction of sp³-hybridized carbons (Fsp3) is 0.143. The maximum atomic E-state index is 10.7. The van der Waals surface area contributed by atoms with Gasteiger partial charge < -0.3 is 5.11 Å². The smallest absolute Gasteiger partial charge is 0.338 e. The van der Waals surface area contributed by atoms with E-state index in [0.717, 1.165) is 0 Å². The average molecular weight is 210 g/mol. The number of rotatable bonds is 2. The number of nitrogens with zero attached hydrogens (tertiary/aromatic N) is 4. The van der Waals surface area contributed by atoms with E-state index in [4.69, 9.17) is 5.11 Å². The van der Waals surface area contributed by atoms with Gasteiger partial charge in [0.05, 0.1) is 5.56 Å². The summed E-state index contributed by atoms with van der Waals surface area (Å²) in [5.41, 5.74) is 0.118. The molecule has 2 aromatic rings.